The Morgan fingerprint density at radius 2 is 2.15 bits per heavy atom. The van der Waals surface area contributed by atoms with Crippen LogP contribution in [0.4, 0.5) is 0 Å². The molecule has 2 nitrogen and oxygen atoms in total. The van der Waals surface area contributed by atoms with Gasteiger partial charge in [-0.25, -0.2) is 0 Å². The molecule has 110 valence electrons. The Kier molecular flexibility index (Phi) is 5.25. The van der Waals surface area contributed by atoms with Crippen LogP contribution in [-0.4, -0.2) is 17.8 Å². The lowest BCUT2D eigenvalue weighted by atomic mass is 9.82. The van der Waals surface area contributed by atoms with Crippen molar-refractivity contribution in [2.24, 2.45) is 5.41 Å². The predicted molar refractivity (Wildman–Crippen MR) is 87.3 cm³/mol. The van der Waals surface area contributed by atoms with Crippen molar-refractivity contribution < 1.29 is 4.79 Å². The number of benzene rings is 1. The number of rotatable bonds is 5. The highest BCUT2D eigenvalue weighted by molar-refractivity contribution is 9.09. The second-order valence-electron chi connectivity index (χ2n) is 6.46. The Morgan fingerprint density at radius 3 is 2.90 bits per heavy atom. The molecule has 0 bridgehead atoms. The van der Waals surface area contributed by atoms with Gasteiger partial charge < -0.3 is 5.32 Å². The molecule has 1 aromatic carbocycles. The van der Waals surface area contributed by atoms with Crippen LogP contribution in [-0.2, 0) is 11.2 Å². The Balaban J connectivity index is 2.01. The summed E-state index contributed by atoms with van der Waals surface area (Å²) >= 11 is 3.48. The average Bonchev–Trinajstić information content (AvgIpc) is 2.44. The maximum absolute atomic E-state index is 12.5. The summed E-state index contributed by atoms with van der Waals surface area (Å²) in [4.78, 5) is 12.5. The second kappa shape index (κ2) is 6.75. The van der Waals surface area contributed by atoms with E-state index in [9.17, 15) is 4.79 Å². The predicted octanol–water partition coefficient (Wildman–Crippen LogP) is 4.03. The van der Waals surface area contributed by atoms with Gasteiger partial charge in [0.1, 0.15) is 0 Å². The number of amides is 1. The molecule has 1 N–H and O–H groups in total. The van der Waals surface area contributed by atoms with Gasteiger partial charge in [0.15, 0.2) is 0 Å². The van der Waals surface area contributed by atoms with Crippen molar-refractivity contribution in [1.29, 1.82) is 0 Å². The van der Waals surface area contributed by atoms with E-state index in [4.69, 9.17) is 0 Å². The fourth-order valence-electron chi connectivity index (χ4n) is 2.82. The number of hydrogen-bond acceptors (Lipinski definition) is 1. The molecule has 0 aliphatic heterocycles. The van der Waals surface area contributed by atoms with Crippen LogP contribution in [0.15, 0.2) is 24.3 Å². The summed E-state index contributed by atoms with van der Waals surface area (Å²) in [6, 6.07) is 8.38. The van der Waals surface area contributed by atoms with E-state index in [1.165, 1.54) is 11.1 Å². The lowest BCUT2D eigenvalue weighted by Crippen LogP contribution is -2.38. The molecule has 1 amide bonds. The zero-order valence-corrected chi connectivity index (χ0v) is 14.0. The second-order valence-corrected chi connectivity index (χ2v) is 7.26. The number of hydrogen-bond donors (Lipinski definition) is 1. The molecule has 1 aliphatic carbocycles. The van der Waals surface area contributed by atoms with Crippen LogP contribution in [0.2, 0.25) is 0 Å². The molecule has 0 heterocycles. The molecule has 0 radical (unpaired) electrons. The molecular weight excluding hydrogens is 314 g/mol. The average molecular weight is 338 g/mol. The highest BCUT2D eigenvalue weighted by Crippen LogP contribution is 2.31. The monoisotopic (exact) mass is 337 g/mol. The fraction of sp³-hybridized carbons (Fsp3) is 0.588. The summed E-state index contributed by atoms with van der Waals surface area (Å²) in [6.07, 6.45) is 4.26. The van der Waals surface area contributed by atoms with Crippen molar-refractivity contribution in [2.45, 2.75) is 45.4 Å². The molecular formula is C17H24BrNO. The van der Waals surface area contributed by atoms with Crippen LogP contribution in [0.25, 0.3) is 0 Å². The first kappa shape index (κ1) is 15.6. The smallest absolute Gasteiger partial charge is 0.227 e. The molecule has 0 spiro atoms. The normalized spacial score (nSPS) is 18.4. The zero-order chi connectivity index (χ0) is 14.6. The van der Waals surface area contributed by atoms with Gasteiger partial charge in [0.25, 0.3) is 0 Å². The van der Waals surface area contributed by atoms with Crippen LogP contribution in [0.5, 0.6) is 0 Å². The molecule has 0 saturated carbocycles. The lowest BCUT2D eigenvalue weighted by Gasteiger charge is -2.28. The van der Waals surface area contributed by atoms with E-state index >= 15 is 0 Å². The number of halogens is 1. The van der Waals surface area contributed by atoms with E-state index in [2.05, 4.69) is 53.3 Å². The summed E-state index contributed by atoms with van der Waals surface area (Å²) in [7, 11) is 0. The van der Waals surface area contributed by atoms with E-state index < -0.39 is 0 Å². The zero-order valence-electron chi connectivity index (χ0n) is 12.4. The van der Waals surface area contributed by atoms with Gasteiger partial charge in [-0.15, -0.1) is 0 Å². The van der Waals surface area contributed by atoms with E-state index in [0.29, 0.717) is 0 Å². The van der Waals surface area contributed by atoms with Crippen LogP contribution in [0.1, 0.15) is 50.2 Å². The first-order chi connectivity index (χ1) is 9.53. The molecule has 3 heteroatoms. The van der Waals surface area contributed by atoms with Gasteiger partial charge in [-0.1, -0.05) is 54.0 Å². The van der Waals surface area contributed by atoms with Gasteiger partial charge in [-0.05, 0) is 42.2 Å². The summed E-state index contributed by atoms with van der Waals surface area (Å²) < 4.78 is 0. The van der Waals surface area contributed by atoms with E-state index in [1.807, 2.05) is 6.07 Å². The largest absolute Gasteiger partial charge is 0.355 e. The molecule has 1 atom stereocenters. The Hall–Kier alpha value is -0.830. The van der Waals surface area contributed by atoms with Crippen LogP contribution >= 0.6 is 15.9 Å². The summed E-state index contributed by atoms with van der Waals surface area (Å²) in [5.74, 6) is 0.236. The van der Waals surface area contributed by atoms with Crippen molar-refractivity contribution in [1.82, 2.24) is 5.32 Å². The molecule has 1 aromatic rings. The molecule has 20 heavy (non-hydrogen) atoms. The lowest BCUT2D eigenvalue weighted by molar-refractivity contribution is -0.123. The Morgan fingerprint density at radius 1 is 1.40 bits per heavy atom. The molecule has 0 aromatic heterocycles. The number of aryl methyl sites for hydroxylation is 1. The minimum Gasteiger partial charge on any atom is -0.355 e. The van der Waals surface area contributed by atoms with Crippen LogP contribution in [0.3, 0.4) is 0 Å². The standard InChI is InChI=1S/C17H24BrNO/c1-17(2,10-11-18)12-19-16(20)15-9-5-7-13-6-3-4-8-14(13)15/h3-4,6,8,15H,5,7,9-12H2,1-2H3,(H,19,20). The van der Waals surface area contributed by atoms with Gasteiger partial charge in [0.2, 0.25) is 5.91 Å². The van der Waals surface area contributed by atoms with Crippen molar-refractivity contribution >= 4 is 21.8 Å². The number of fused-ring (bicyclic) bond motifs is 1. The highest BCUT2D eigenvalue weighted by atomic mass is 79.9. The van der Waals surface area contributed by atoms with Crippen molar-refractivity contribution in [3.8, 4) is 0 Å². The number of nitrogens with one attached hydrogen (secondary N) is 1. The van der Waals surface area contributed by atoms with Gasteiger partial charge in [0, 0.05) is 11.9 Å². The third-order valence-corrected chi connectivity index (χ3v) is 4.59. The third kappa shape index (κ3) is 3.85. The number of carbonyl (C=O) groups is 1. The van der Waals surface area contributed by atoms with Gasteiger partial charge in [0.05, 0.1) is 5.92 Å². The Labute approximate surface area is 130 Å². The molecule has 1 aliphatic rings. The molecule has 1 unspecified atom stereocenters. The molecule has 2 rings (SSSR count). The Bertz CT molecular complexity index is 470. The van der Waals surface area contributed by atoms with Crippen molar-refractivity contribution in [3.63, 3.8) is 0 Å². The summed E-state index contributed by atoms with van der Waals surface area (Å²) in [5.41, 5.74) is 2.72. The molecule has 0 saturated heterocycles. The summed E-state index contributed by atoms with van der Waals surface area (Å²) in [5, 5.41) is 4.13. The van der Waals surface area contributed by atoms with E-state index in [0.717, 1.165) is 37.6 Å². The maximum Gasteiger partial charge on any atom is 0.227 e. The molecule has 0 fully saturated rings. The first-order valence-electron chi connectivity index (χ1n) is 7.45. The van der Waals surface area contributed by atoms with Crippen molar-refractivity contribution in [2.75, 3.05) is 11.9 Å². The van der Waals surface area contributed by atoms with Crippen LogP contribution < -0.4 is 5.32 Å². The number of carbonyl (C=O) groups excluding carboxylic acids is 1. The van der Waals surface area contributed by atoms with Gasteiger partial charge >= 0.3 is 0 Å². The maximum atomic E-state index is 12.5. The van der Waals surface area contributed by atoms with Gasteiger partial charge in [-0.3, -0.25) is 4.79 Å². The van der Waals surface area contributed by atoms with E-state index in [-0.39, 0.29) is 17.2 Å². The minimum absolute atomic E-state index is 0.0414. The fourth-order valence-corrected chi connectivity index (χ4v) is 3.89. The summed E-state index contributed by atoms with van der Waals surface area (Å²) in [6.45, 7) is 5.14. The van der Waals surface area contributed by atoms with Crippen LogP contribution in [0, 0.1) is 5.41 Å². The van der Waals surface area contributed by atoms with Crippen molar-refractivity contribution in [3.05, 3.63) is 35.4 Å². The number of alkyl halides is 1. The topological polar surface area (TPSA) is 29.1 Å². The minimum atomic E-state index is 0.0414. The third-order valence-electron chi connectivity index (χ3n) is 4.20. The SMILES string of the molecule is CC(C)(CCBr)CNC(=O)C1CCCc2ccccc21. The first-order valence-corrected chi connectivity index (χ1v) is 8.57. The van der Waals surface area contributed by atoms with Gasteiger partial charge in [-0.2, -0.15) is 0 Å². The van der Waals surface area contributed by atoms with E-state index in [1.54, 1.807) is 0 Å². The highest BCUT2D eigenvalue weighted by Gasteiger charge is 2.27. The quantitative estimate of drug-likeness (QED) is 0.807.